The van der Waals surface area contributed by atoms with E-state index in [9.17, 15) is 4.39 Å². The molecule has 0 saturated carbocycles. The van der Waals surface area contributed by atoms with Crippen molar-refractivity contribution in [3.05, 3.63) is 52.0 Å². The van der Waals surface area contributed by atoms with Crippen molar-refractivity contribution in [1.29, 1.82) is 0 Å². The zero-order valence-corrected chi connectivity index (χ0v) is 12.1. The molecule has 0 saturated heterocycles. The standard InChI is InChI=1S/C15H19FN2S/c1-3-18(10-13-5-4-8-19-13)15-7-6-12(16)9-14(15)11(2)17/h4-9,11H,3,10,17H2,1-2H3/t11-/m0/s1. The Morgan fingerprint density at radius 3 is 2.74 bits per heavy atom. The Hall–Kier alpha value is -1.39. The Morgan fingerprint density at radius 1 is 1.37 bits per heavy atom. The molecule has 2 nitrogen and oxygen atoms in total. The third-order valence-electron chi connectivity index (χ3n) is 3.13. The predicted octanol–water partition coefficient (Wildman–Crippen LogP) is 3.93. The SMILES string of the molecule is CCN(Cc1cccs1)c1ccc(F)cc1[C@H](C)N. The van der Waals surface area contributed by atoms with Crippen molar-refractivity contribution >= 4 is 17.0 Å². The van der Waals surface area contributed by atoms with E-state index in [0.29, 0.717) is 0 Å². The molecule has 2 rings (SSSR count). The molecule has 1 heterocycles. The lowest BCUT2D eigenvalue weighted by Crippen LogP contribution is -2.24. The van der Waals surface area contributed by atoms with Gasteiger partial charge in [0.15, 0.2) is 0 Å². The molecule has 0 aliphatic heterocycles. The molecule has 0 aliphatic carbocycles. The monoisotopic (exact) mass is 278 g/mol. The van der Waals surface area contributed by atoms with Crippen LogP contribution >= 0.6 is 11.3 Å². The van der Waals surface area contributed by atoms with Gasteiger partial charge in [0, 0.05) is 23.2 Å². The zero-order valence-electron chi connectivity index (χ0n) is 11.3. The lowest BCUT2D eigenvalue weighted by molar-refractivity contribution is 0.621. The Labute approximate surface area is 117 Å². The minimum atomic E-state index is -0.233. The van der Waals surface area contributed by atoms with E-state index in [1.165, 1.54) is 17.0 Å². The van der Waals surface area contributed by atoms with Gasteiger partial charge in [-0.2, -0.15) is 0 Å². The third kappa shape index (κ3) is 3.33. The van der Waals surface area contributed by atoms with Crippen LogP contribution in [0.2, 0.25) is 0 Å². The van der Waals surface area contributed by atoms with Gasteiger partial charge in [0.2, 0.25) is 0 Å². The molecule has 4 heteroatoms. The Morgan fingerprint density at radius 2 is 2.16 bits per heavy atom. The maximum atomic E-state index is 13.4. The average molecular weight is 278 g/mol. The first-order valence-corrected chi connectivity index (χ1v) is 7.32. The second-order valence-electron chi connectivity index (χ2n) is 4.59. The summed E-state index contributed by atoms with van der Waals surface area (Å²) in [6.45, 7) is 5.68. The van der Waals surface area contributed by atoms with Crippen molar-refractivity contribution in [3.8, 4) is 0 Å². The molecule has 102 valence electrons. The molecule has 0 spiro atoms. The largest absolute Gasteiger partial charge is 0.366 e. The molecule has 19 heavy (non-hydrogen) atoms. The second-order valence-corrected chi connectivity index (χ2v) is 5.62. The van der Waals surface area contributed by atoms with Crippen molar-refractivity contribution in [2.75, 3.05) is 11.4 Å². The van der Waals surface area contributed by atoms with Crippen LogP contribution < -0.4 is 10.6 Å². The van der Waals surface area contributed by atoms with Gasteiger partial charge in [-0.1, -0.05) is 6.07 Å². The van der Waals surface area contributed by atoms with Gasteiger partial charge in [0.05, 0.1) is 6.54 Å². The van der Waals surface area contributed by atoms with Crippen molar-refractivity contribution in [2.24, 2.45) is 5.73 Å². The molecule has 1 aromatic carbocycles. The summed E-state index contributed by atoms with van der Waals surface area (Å²) in [6, 6.07) is 8.84. The van der Waals surface area contributed by atoms with Gasteiger partial charge in [-0.25, -0.2) is 4.39 Å². The van der Waals surface area contributed by atoms with Gasteiger partial charge in [-0.15, -0.1) is 11.3 Å². The summed E-state index contributed by atoms with van der Waals surface area (Å²) in [5, 5.41) is 2.07. The number of hydrogen-bond donors (Lipinski definition) is 1. The zero-order chi connectivity index (χ0) is 13.8. The van der Waals surface area contributed by atoms with Gasteiger partial charge in [-0.05, 0) is 49.1 Å². The Kier molecular flexibility index (Phi) is 4.56. The second kappa shape index (κ2) is 6.17. The van der Waals surface area contributed by atoms with Gasteiger partial charge in [0.1, 0.15) is 5.82 Å². The van der Waals surface area contributed by atoms with Crippen LogP contribution in [0.4, 0.5) is 10.1 Å². The highest BCUT2D eigenvalue weighted by Gasteiger charge is 2.14. The van der Waals surface area contributed by atoms with Gasteiger partial charge in [0.25, 0.3) is 0 Å². The summed E-state index contributed by atoms with van der Waals surface area (Å²) in [7, 11) is 0. The summed E-state index contributed by atoms with van der Waals surface area (Å²) in [6.07, 6.45) is 0. The van der Waals surface area contributed by atoms with Crippen molar-refractivity contribution in [1.82, 2.24) is 0 Å². The Balaban J connectivity index is 2.32. The maximum Gasteiger partial charge on any atom is 0.123 e. The summed E-state index contributed by atoms with van der Waals surface area (Å²) in [5.41, 5.74) is 7.84. The highest BCUT2D eigenvalue weighted by atomic mass is 32.1. The normalized spacial score (nSPS) is 12.4. The third-order valence-corrected chi connectivity index (χ3v) is 3.99. The molecule has 0 amide bonds. The van der Waals surface area contributed by atoms with Crippen molar-refractivity contribution < 1.29 is 4.39 Å². The van der Waals surface area contributed by atoms with Crippen LogP contribution in [0.25, 0.3) is 0 Å². The molecular formula is C15H19FN2S. The van der Waals surface area contributed by atoms with Crippen LogP contribution in [0, 0.1) is 5.82 Å². The number of halogens is 1. The number of hydrogen-bond acceptors (Lipinski definition) is 3. The summed E-state index contributed by atoms with van der Waals surface area (Å²) >= 11 is 1.73. The maximum absolute atomic E-state index is 13.4. The van der Waals surface area contributed by atoms with Gasteiger partial charge in [-0.3, -0.25) is 0 Å². The average Bonchev–Trinajstić information content (AvgIpc) is 2.89. The smallest absolute Gasteiger partial charge is 0.123 e. The van der Waals surface area contributed by atoms with Crippen LogP contribution in [0.3, 0.4) is 0 Å². The van der Waals surface area contributed by atoms with E-state index in [1.807, 2.05) is 19.1 Å². The van der Waals surface area contributed by atoms with Crippen molar-refractivity contribution in [2.45, 2.75) is 26.4 Å². The van der Waals surface area contributed by atoms with Crippen molar-refractivity contribution in [3.63, 3.8) is 0 Å². The number of nitrogens with zero attached hydrogens (tertiary/aromatic N) is 1. The molecule has 0 fully saturated rings. The van der Waals surface area contributed by atoms with E-state index in [4.69, 9.17) is 5.73 Å². The quantitative estimate of drug-likeness (QED) is 0.897. The topological polar surface area (TPSA) is 29.3 Å². The fraction of sp³-hybridized carbons (Fsp3) is 0.333. The molecule has 0 aliphatic rings. The number of benzene rings is 1. The molecule has 1 atom stereocenters. The fourth-order valence-electron chi connectivity index (χ4n) is 2.14. The fourth-order valence-corrected chi connectivity index (χ4v) is 2.86. The van der Waals surface area contributed by atoms with E-state index < -0.39 is 0 Å². The van der Waals surface area contributed by atoms with Crippen LogP contribution in [-0.4, -0.2) is 6.54 Å². The summed E-state index contributed by atoms with van der Waals surface area (Å²) < 4.78 is 13.4. The molecular weight excluding hydrogens is 259 g/mol. The molecule has 0 unspecified atom stereocenters. The predicted molar refractivity (Wildman–Crippen MR) is 80.0 cm³/mol. The van der Waals surface area contributed by atoms with Gasteiger partial charge < -0.3 is 10.6 Å². The molecule has 0 bridgehead atoms. The molecule has 1 aromatic heterocycles. The van der Waals surface area contributed by atoms with E-state index in [-0.39, 0.29) is 11.9 Å². The van der Waals surface area contributed by atoms with E-state index >= 15 is 0 Å². The van der Waals surface area contributed by atoms with E-state index in [0.717, 1.165) is 24.3 Å². The van der Waals surface area contributed by atoms with Crippen LogP contribution in [0.15, 0.2) is 35.7 Å². The van der Waals surface area contributed by atoms with Crippen LogP contribution in [0.1, 0.15) is 30.3 Å². The van der Waals surface area contributed by atoms with E-state index in [2.05, 4.69) is 23.3 Å². The minimum Gasteiger partial charge on any atom is -0.366 e. The summed E-state index contributed by atoms with van der Waals surface area (Å²) in [5.74, 6) is -0.233. The number of anilines is 1. The van der Waals surface area contributed by atoms with Crippen LogP contribution in [0.5, 0.6) is 0 Å². The minimum absolute atomic E-state index is 0.178. The first-order valence-electron chi connectivity index (χ1n) is 6.44. The molecule has 2 aromatic rings. The molecule has 2 N–H and O–H groups in total. The van der Waals surface area contributed by atoms with Crippen LogP contribution in [-0.2, 0) is 6.54 Å². The Bertz CT molecular complexity index is 523. The lowest BCUT2D eigenvalue weighted by atomic mass is 10.1. The van der Waals surface area contributed by atoms with Gasteiger partial charge >= 0.3 is 0 Å². The highest BCUT2D eigenvalue weighted by molar-refractivity contribution is 7.09. The first kappa shape index (κ1) is 14.0. The number of thiophene rings is 1. The van der Waals surface area contributed by atoms with E-state index in [1.54, 1.807) is 11.3 Å². The highest BCUT2D eigenvalue weighted by Crippen LogP contribution is 2.28. The lowest BCUT2D eigenvalue weighted by Gasteiger charge is -2.26. The number of rotatable bonds is 5. The summed E-state index contributed by atoms with van der Waals surface area (Å²) in [4.78, 5) is 3.52. The number of nitrogens with two attached hydrogens (primary N) is 1. The first-order chi connectivity index (χ1) is 9.11. The molecule has 0 radical (unpaired) electrons.